The number of benzene rings is 1. The molecule has 0 bridgehead atoms. The van der Waals surface area contributed by atoms with Gasteiger partial charge in [0.2, 0.25) is 0 Å². The number of ether oxygens (including phenoxy) is 2. The molecule has 0 saturated carbocycles. The molecule has 0 radical (unpaired) electrons. The van der Waals surface area contributed by atoms with Crippen molar-refractivity contribution in [2.24, 2.45) is 4.99 Å². The van der Waals surface area contributed by atoms with Crippen molar-refractivity contribution in [1.82, 2.24) is 15.6 Å². The van der Waals surface area contributed by atoms with Crippen LogP contribution < -0.4 is 15.4 Å². The molecule has 0 atom stereocenters. The summed E-state index contributed by atoms with van der Waals surface area (Å²) < 4.78 is 10.6. The molecule has 0 spiro atoms. The highest BCUT2D eigenvalue weighted by atomic mass is 127. The van der Waals surface area contributed by atoms with E-state index in [-0.39, 0.29) is 24.0 Å². The molecule has 1 aromatic carbocycles. The Morgan fingerprint density at radius 1 is 1.10 bits per heavy atom. The highest BCUT2D eigenvalue weighted by Crippen LogP contribution is 2.11. The maximum atomic E-state index is 5.40. The van der Waals surface area contributed by atoms with Crippen molar-refractivity contribution in [3.8, 4) is 5.75 Å². The number of guanidine groups is 1. The zero-order chi connectivity index (χ0) is 20.0. The number of aliphatic imine (C=N–C) groups is 1. The summed E-state index contributed by atoms with van der Waals surface area (Å²) in [5, 5.41) is 6.83. The number of aromatic nitrogens is 1. The predicted molar refractivity (Wildman–Crippen MR) is 129 cm³/mol. The van der Waals surface area contributed by atoms with Crippen molar-refractivity contribution in [2.45, 2.75) is 33.2 Å². The molecule has 6 nitrogen and oxygen atoms in total. The fourth-order valence-corrected chi connectivity index (χ4v) is 2.70. The van der Waals surface area contributed by atoms with Gasteiger partial charge in [-0.25, -0.2) is 4.99 Å². The van der Waals surface area contributed by atoms with E-state index in [0.717, 1.165) is 56.4 Å². The minimum Gasteiger partial charge on any atom is -0.497 e. The third-order valence-electron chi connectivity index (χ3n) is 4.36. The molecule has 29 heavy (non-hydrogen) atoms. The minimum absolute atomic E-state index is 0. The first-order valence-electron chi connectivity index (χ1n) is 9.85. The van der Waals surface area contributed by atoms with Gasteiger partial charge in [0.25, 0.3) is 0 Å². The lowest BCUT2D eigenvalue weighted by Gasteiger charge is -2.13. The van der Waals surface area contributed by atoms with Gasteiger partial charge in [0.1, 0.15) is 5.75 Å². The van der Waals surface area contributed by atoms with Gasteiger partial charge >= 0.3 is 0 Å². The van der Waals surface area contributed by atoms with Crippen LogP contribution in [0.4, 0.5) is 0 Å². The van der Waals surface area contributed by atoms with Crippen LogP contribution in [0.1, 0.15) is 30.0 Å². The van der Waals surface area contributed by atoms with Crippen LogP contribution >= 0.6 is 24.0 Å². The highest BCUT2D eigenvalue weighted by molar-refractivity contribution is 14.0. The molecule has 0 aliphatic carbocycles. The number of methoxy groups -OCH3 is 1. The van der Waals surface area contributed by atoms with E-state index in [1.54, 1.807) is 7.11 Å². The predicted octanol–water partition coefficient (Wildman–Crippen LogP) is 3.72. The van der Waals surface area contributed by atoms with Crippen LogP contribution in [0.15, 0.2) is 47.7 Å². The van der Waals surface area contributed by atoms with Gasteiger partial charge in [0, 0.05) is 38.7 Å². The van der Waals surface area contributed by atoms with Crippen LogP contribution in [0.3, 0.4) is 0 Å². The van der Waals surface area contributed by atoms with E-state index in [4.69, 9.17) is 14.5 Å². The number of nitrogens with one attached hydrogen (secondary N) is 2. The van der Waals surface area contributed by atoms with Crippen LogP contribution in [0.2, 0.25) is 0 Å². The highest BCUT2D eigenvalue weighted by Gasteiger charge is 2.02. The zero-order valence-electron chi connectivity index (χ0n) is 17.6. The fourth-order valence-electron chi connectivity index (χ4n) is 2.70. The smallest absolute Gasteiger partial charge is 0.191 e. The molecule has 2 N–H and O–H groups in total. The van der Waals surface area contributed by atoms with Crippen LogP contribution in [0.5, 0.6) is 5.75 Å². The summed E-state index contributed by atoms with van der Waals surface area (Å²) in [6.45, 7) is 7.85. The van der Waals surface area contributed by atoms with E-state index in [1.807, 2.05) is 43.6 Å². The topological polar surface area (TPSA) is 67.8 Å². The maximum Gasteiger partial charge on any atom is 0.191 e. The van der Waals surface area contributed by atoms with E-state index in [2.05, 4.69) is 28.6 Å². The Morgan fingerprint density at radius 3 is 2.55 bits per heavy atom. The number of hydrogen-bond donors (Lipinski definition) is 2. The van der Waals surface area contributed by atoms with E-state index in [0.29, 0.717) is 6.54 Å². The molecule has 0 aliphatic rings. The van der Waals surface area contributed by atoms with Crippen LogP contribution in [-0.2, 0) is 17.7 Å². The first-order valence-corrected chi connectivity index (χ1v) is 9.85. The summed E-state index contributed by atoms with van der Waals surface area (Å²) in [4.78, 5) is 8.87. The van der Waals surface area contributed by atoms with E-state index in [9.17, 15) is 0 Å². The second-order valence-electron chi connectivity index (χ2n) is 6.47. The molecule has 7 heteroatoms. The molecular formula is C22H33IN4O2. The minimum atomic E-state index is 0. The van der Waals surface area contributed by atoms with Gasteiger partial charge in [-0.1, -0.05) is 12.1 Å². The van der Waals surface area contributed by atoms with Crippen molar-refractivity contribution in [3.63, 3.8) is 0 Å². The lowest BCUT2D eigenvalue weighted by atomic mass is 10.1. The number of pyridine rings is 1. The van der Waals surface area contributed by atoms with Gasteiger partial charge in [-0.3, -0.25) is 4.98 Å². The summed E-state index contributed by atoms with van der Waals surface area (Å²) in [5.74, 6) is 1.67. The Kier molecular flexibility index (Phi) is 13.0. The average Bonchev–Trinajstić information content (AvgIpc) is 2.73. The lowest BCUT2D eigenvalue weighted by Crippen LogP contribution is -2.39. The summed E-state index contributed by atoms with van der Waals surface area (Å²) in [7, 11) is 1.67. The number of nitrogens with zero attached hydrogens (tertiary/aromatic N) is 2. The first-order chi connectivity index (χ1) is 13.7. The van der Waals surface area contributed by atoms with Crippen molar-refractivity contribution in [1.29, 1.82) is 0 Å². The molecule has 0 fully saturated rings. The van der Waals surface area contributed by atoms with E-state index < -0.39 is 0 Å². The van der Waals surface area contributed by atoms with Gasteiger partial charge in [0.15, 0.2) is 5.96 Å². The fraction of sp³-hybridized carbons (Fsp3) is 0.455. The average molecular weight is 512 g/mol. The molecular weight excluding hydrogens is 479 g/mol. The Balaban J connectivity index is 0.00000420. The van der Waals surface area contributed by atoms with Crippen molar-refractivity contribution >= 4 is 29.9 Å². The quantitative estimate of drug-likeness (QED) is 0.208. The van der Waals surface area contributed by atoms with Crippen molar-refractivity contribution < 1.29 is 9.47 Å². The number of aryl methyl sites for hydroxylation is 1. The number of halogens is 1. The number of rotatable bonds is 11. The van der Waals surface area contributed by atoms with Crippen LogP contribution in [0.25, 0.3) is 0 Å². The first kappa shape index (κ1) is 25.2. The van der Waals surface area contributed by atoms with Gasteiger partial charge in [0.05, 0.1) is 13.7 Å². The molecule has 2 rings (SSSR count). The Labute approximate surface area is 191 Å². The summed E-state index contributed by atoms with van der Waals surface area (Å²) >= 11 is 0. The van der Waals surface area contributed by atoms with E-state index >= 15 is 0 Å². The summed E-state index contributed by atoms with van der Waals surface area (Å²) in [6.07, 6.45) is 5.62. The zero-order valence-corrected chi connectivity index (χ0v) is 19.9. The monoisotopic (exact) mass is 512 g/mol. The van der Waals surface area contributed by atoms with Crippen molar-refractivity contribution in [2.75, 3.05) is 33.4 Å². The molecule has 2 aromatic rings. The lowest BCUT2D eigenvalue weighted by molar-refractivity contribution is 0.145. The third-order valence-corrected chi connectivity index (χ3v) is 4.36. The molecule has 1 heterocycles. The van der Waals surface area contributed by atoms with Crippen LogP contribution in [0, 0.1) is 6.92 Å². The van der Waals surface area contributed by atoms with Gasteiger partial charge in [-0.05, 0) is 61.6 Å². The van der Waals surface area contributed by atoms with Gasteiger partial charge < -0.3 is 20.1 Å². The Hall–Kier alpha value is -1.87. The molecule has 0 saturated heterocycles. The van der Waals surface area contributed by atoms with Crippen molar-refractivity contribution in [3.05, 3.63) is 59.4 Å². The van der Waals surface area contributed by atoms with E-state index in [1.165, 1.54) is 11.1 Å². The molecule has 1 aromatic heterocycles. The van der Waals surface area contributed by atoms with Gasteiger partial charge in [-0.15, -0.1) is 24.0 Å². The Morgan fingerprint density at radius 2 is 1.86 bits per heavy atom. The SMILES string of the molecule is CCOCCCNC(=NCc1ccc(OC)cc1)NCCc1ccncc1C.I. The maximum absolute atomic E-state index is 5.40. The molecule has 0 unspecified atom stereocenters. The molecule has 0 amide bonds. The summed E-state index contributed by atoms with van der Waals surface area (Å²) in [5.41, 5.74) is 3.65. The second-order valence-corrected chi connectivity index (χ2v) is 6.47. The molecule has 0 aliphatic heterocycles. The third kappa shape index (κ3) is 9.94. The number of hydrogen-bond acceptors (Lipinski definition) is 4. The normalized spacial score (nSPS) is 10.9. The largest absolute Gasteiger partial charge is 0.497 e. The second kappa shape index (κ2) is 15.0. The molecule has 160 valence electrons. The van der Waals surface area contributed by atoms with Gasteiger partial charge in [-0.2, -0.15) is 0 Å². The van der Waals surface area contributed by atoms with Crippen LogP contribution in [-0.4, -0.2) is 44.4 Å². The Bertz CT molecular complexity index is 723. The standard InChI is InChI=1S/C22H32N4O2.HI/c1-4-28-15-5-12-24-22(25-14-11-20-10-13-23-16-18(20)2)26-17-19-6-8-21(27-3)9-7-19;/h6-10,13,16H,4-5,11-12,14-15,17H2,1-3H3,(H2,24,25,26);1H. The summed E-state index contributed by atoms with van der Waals surface area (Å²) in [6, 6.07) is 10.1.